The van der Waals surface area contributed by atoms with Crippen LogP contribution >= 0.6 is 0 Å². The fourth-order valence-corrected chi connectivity index (χ4v) is 4.10. The van der Waals surface area contributed by atoms with Gasteiger partial charge in [0.2, 0.25) is 0 Å². The van der Waals surface area contributed by atoms with Crippen molar-refractivity contribution in [3.05, 3.63) is 59.5 Å². The Morgan fingerprint density at radius 2 is 1.97 bits per heavy atom. The molecule has 0 radical (unpaired) electrons. The molecule has 6 nitrogen and oxygen atoms in total. The molecule has 2 heterocycles. The van der Waals surface area contributed by atoms with Gasteiger partial charge in [0, 0.05) is 25.1 Å². The van der Waals surface area contributed by atoms with E-state index in [1.165, 1.54) is 0 Å². The lowest BCUT2D eigenvalue weighted by Crippen LogP contribution is -2.41. The first-order valence-corrected chi connectivity index (χ1v) is 10.6. The zero-order valence-electron chi connectivity index (χ0n) is 17.5. The van der Waals surface area contributed by atoms with Gasteiger partial charge in [0.1, 0.15) is 11.3 Å². The van der Waals surface area contributed by atoms with Gasteiger partial charge < -0.3 is 19.2 Å². The minimum atomic E-state index is -0.267. The number of ether oxygens (including phenoxy) is 1. The highest BCUT2D eigenvalue weighted by Gasteiger charge is 2.27. The van der Waals surface area contributed by atoms with Gasteiger partial charge in [-0.1, -0.05) is 19.1 Å². The van der Waals surface area contributed by atoms with Crippen molar-refractivity contribution in [1.29, 1.82) is 0 Å². The lowest BCUT2D eigenvalue weighted by atomic mass is 9.90. The molecule has 1 fully saturated rings. The molecule has 30 heavy (non-hydrogen) atoms. The predicted molar refractivity (Wildman–Crippen MR) is 115 cm³/mol. The van der Waals surface area contributed by atoms with Crippen molar-refractivity contribution in [2.75, 3.05) is 20.2 Å². The Balaban J connectivity index is 1.45. The molecule has 1 aliphatic heterocycles. The number of rotatable bonds is 6. The number of likely N-dealkylation sites (tertiary alicyclic amines) is 1. The van der Waals surface area contributed by atoms with Crippen LogP contribution in [0.1, 0.15) is 48.0 Å². The van der Waals surface area contributed by atoms with E-state index in [1.54, 1.807) is 13.2 Å². The first-order chi connectivity index (χ1) is 14.6. The number of fused-ring (bicyclic) bond motifs is 1. The molecular weight excluding hydrogens is 380 g/mol. The van der Waals surface area contributed by atoms with Crippen molar-refractivity contribution in [2.45, 2.75) is 38.7 Å². The van der Waals surface area contributed by atoms with Crippen molar-refractivity contribution >= 4 is 17.0 Å². The van der Waals surface area contributed by atoms with Crippen LogP contribution in [0.5, 0.6) is 5.75 Å². The molecule has 0 aliphatic carbocycles. The second kappa shape index (κ2) is 8.88. The van der Waals surface area contributed by atoms with Crippen molar-refractivity contribution in [1.82, 2.24) is 9.88 Å². The third-order valence-electron chi connectivity index (χ3n) is 5.98. The van der Waals surface area contributed by atoms with Crippen LogP contribution in [0.3, 0.4) is 0 Å². The van der Waals surface area contributed by atoms with Gasteiger partial charge in [-0.3, -0.25) is 4.79 Å². The first-order valence-electron chi connectivity index (χ1n) is 10.6. The highest BCUT2D eigenvalue weighted by molar-refractivity contribution is 5.97. The van der Waals surface area contributed by atoms with Gasteiger partial charge in [0.05, 0.1) is 13.2 Å². The number of oxazole rings is 1. The number of piperidine rings is 1. The van der Waals surface area contributed by atoms with Crippen LogP contribution in [0.4, 0.5) is 0 Å². The molecule has 1 aliphatic rings. The molecule has 1 amide bonds. The summed E-state index contributed by atoms with van der Waals surface area (Å²) in [6.45, 7) is 3.35. The number of carbonyl (C=O) groups is 1. The normalized spacial score (nSPS) is 16.0. The number of aliphatic hydroxyl groups is 1. The largest absolute Gasteiger partial charge is 0.497 e. The number of benzene rings is 2. The molecule has 1 atom stereocenters. The third-order valence-corrected chi connectivity index (χ3v) is 5.98. The van der Waals surface area contributed by atoms with E-state index in [4.69, 9.17) is 9.15 Å². The number of carbonyl (C=O) groups excluding carboxylic acids is 1. The van der Waals surface area contributed by atoms with Gasteiger partial charge >= 0.3 is 0 Å². The third kappa shape index (κ3) is 4.33. The Kier molecular flexibility index (Phi) is 6.04. The fraction of sp³-hybridized carbons (Fsp3) is 0.417. The Labute approximate surface area is 176 Å². The number of aliphatic hydroxyl groups excluding tert-OH is 1. The summed E-state index contributed by atoms with van der Waals surface area (Å²) < 4.78 is 11.1. The number of aromatic nitrogens is 1. The minimum absolute atomic E-state index is 0.00874. The van der Waals surface area contributed by atoms with E-state index in [0.29, 0.717) is 36.5 Å². The molecule has 1 N–H and O–H groups in total. The summed E-state index contributed by atoms with van der Waals surface area (Å²) in [6.07, 6.45) is 2.76. The van der Waals surface area contributed by atoms with Gasteiger partial charge in [-0.2, -0.15) is 0 Å². The zero-order chi connectivity index (χ0) is 21.1. The topological polar surface area (TPSA) is 75.8 Å². The summed E-state index contributed by atoms with van der Waals surface area (Å²) in [5.41, 5.74) is 3.07. The Morgan fingerprint density at radius 3 is 2.63 bits per heavy atom. The lowest BCUT2D eigenvalue weighted by molar-refractivity contribution is 0.0454. The van der Waals surface area contributed by atoms with Gasteiger partial charge in [-0.05, 0) is 61.1 Å². The maximum Gasteiger partial charge on any atom is 0.253 e. The number of hydrogen-bond donors (Lipinski definition) is 1. The van der Waals surface area contributed by atoms with Crippen LogP contribution in [0.15, 0.2) is 46.9 Å². The second-order valence-electron chi connectivity index (χ2n) is 7.92. The van der Waals surface area contributed by atoms with Crippen molar-refractivity contribution < 1.29 is 19.1 Å². The average molecular weight is 408 g/mol. The Morgan fingerprint density at radius 1 is 1.23 bits per heavy atom. The first kappa shape index (κ1) is 20.4. The van der Waals surface area contributed by atoms with E-state index >= 15 is 0 Å². The quantitative estimate of drug-likeness (QED) is 0.666. The van der Waals surface area contributed by atoms with Crippen molar-refractivity contribution in [3.8, 4) is 5.75 Å². The fourth-order valence-electron chi connectivity index (χ4n) is 4.10. The lowest BCUT2D eigenvalue weighted by Gasteiger charge is -2.34. The molecule has 0 spiro atoms. The summed E-state index contributed by atoms with van der Waals surface area (Å²) in [4.78, 5) is 19.4. The Bertz CT molecular complexity index is 1000. The van der Waals surface area contributed by atoms with Crippen LogP contribution < -0.4 is 4.74 Å². The smallest absolute Gasteiger partial charge is 0.253 e. The van der Waals surface area contributed by atoms with Gasteiger partial charge in [0.15, 0.2) is 11.5 Å². The minimum Gasteiger partial charge on any atom is -0.497 e. The van der Waals surface area contributed by atoms with Crippen LogP contribution in [-0.4, -0.2) is 47.2 Å². The molecule has 1 saturated heterocycles. The van der Waals surface area contributed by atoms with E-state index in [0.717, 1.165) is 36.1 Å². The van der Waals surface area contributed by atoms with E-state index in [2.05, 4.69) is 4.98 Å². The standard InChI is InChI=1S/C24H28N2O4/c1-3-21(27)17-10-12-26(13-11-17)24(28)18-6-9-20-22(15-18)30-23(25-20)14-16-4-7-19(29-2)8-5-16/h4-9,15,17,21,27H,3,10-14H2,1-2H3/t21-/m0/s1. The number of methoxy groups -OCH3 is 1. The molecule has 0 saturated carbocycles. The van der Waals surface area contributed by atoms with Crippen LogP contribution in [0.25, 0.3) is 11.1 Å². The average Bonchev–Trinajstić information content (AvgIpc) is 3.20. The SMILES string of the molecule is CC[C@H](O)C1CCN(C(=O)c2ccc3nc(Cc4ccc(OC)cc4)oc3c2)CC1. The highest BCUT2D eigenvalue weighted by atomic mass is 16.5. The van der Waals surface area contributed by atoms with E-state index in [-0.39, 0.29) is 17.9 Å². The van der Waals surface area contributed by atoms with E-state index < -0.39 is 0 Å². The maximum absolute atomic E-state index is 12.9. The highest BCUT2D eigenvalue weighted by Crippen LogP contribution is 2.25. The van der Waals surface area contributed by atoms with Gasteiger partial charge in [-0.15, -0.1) is 0 Å². The summed E-state index contributed by atoms with van der Waals surface area (Å²) in [6, 6.07) is 13.3. The van der Waals surface area contributed by atoms with Gasteiger partial charge in [0.25, 0.3) is 5.91 Å². The zero-order valence-corrected chi connectivity index (χ0v) is 17.5. The summed E-state index contributed by atoms with van der Waals surface area (Å²) in [5, 5.41) is 10.0. The van der Waals surface area contributed by atoms with Gasteiger partial charge in [-0.25, -0.2) is 4.98 Å². The molecule has 0 bridgehead atoms. The molecule has 1 aromatic heterocycles. The molecule has 3 aromatic rings. The van der Waals surface area contributed by atoms with Crippen molar-refractivity contribution in [2.24, 2.45) is 5.92 Å². The summed E-state index contributed by atoms with van der Waals surface area (Å²) in [5.74, 6) is 1.73. The molecule has 2 aromatic carbocycles. The van der Waals surface area contributed by atoms with Crippen LogP contribution in [0, 0.1) is 5.92 Å². The van der Waals surface area contributed by atoms with E-state index in [9.17, 15) is 9.90 Å². The van der Waals surface area contributed by atoms with Crippen LogP contribution in [-0.2, 0) is 6.42 Å². The molecule has 0 unspecified atom stereocenters. The molecule has 4 rings (SSSR count). The van der Waals surface area contributed by atoms with E-state index in [1.807, 2.05) is 48.2 Å². The molecule has 158 valence electrons. The summed E-state index contributed by atoms with van der Waals surface area (Å²) >= 11 is 0. The molecule has 6 heteroatoms. The molecular formula is C24H28N2O4. The Hall–Kier alpha value is -2.86. The van der Waals surface area contributed by atoms with Crippen molar-refractivity contribution in [3.63, 3.8) is 0 Å². The number of amides is 1. The maximum atomic E-state index is 12.9. The van der Waals surface area contributed by atoms with Crippen LogP contribution in [0.2, 0.25) is 0 Å². The predicted octanol–water partition coefficient (Wildman–Crippen LogP) is 4.05. The summed E-state index contributed by atoms with van der Waals surface area (Å²) in [7, 11) is 1.64. The number of hydrogen-bond acceptors (Lipinski definition) is 5. The second-order valence-corrected chi connectivity index (χ2v) is 7.92. The monoisotopic (exact) mass is 408 g/mol. The number of nitrogens with zero attached hydrogens (tertiary/aromatic N) is 2.